The average Bonchev–Trinajstić information content (AvgIpc) is 2.75. The van der Waals surface area contributed by atoms with Crippen molar-refractivity contribution in [2.75, 3.05) is 39.0 Å². The molecular weight excluding hydrogens is 272 g/mol. The maximum Gasteiger partial charge on any atom is 0.126 e. The molecule has 0 saturated carbocycles. The van der Waals surface area contributed by atoms with E-state index in [9.17, 15) is 0 Å². The van der Waals surface area contributed by atoms with Gasteiger partial charge in [0, 0.05) is 32.2 Å². The van der Waals surface area contributed by atoms with Crippen LogP contribution in [0.5, 0.6) is 0 Å². The zero-order chi connectivity index (χ0) is 14.7. The Morgan fingerprint density at radius 3 is 2.75 bits per heavy atom. The van der Waals surface area contributed by atoms with Crippen LogP contribution in [0.4, 0.5) is 5.82 Å². The molecule has 0 radical (unpaired) electrons. The number of hydrogen-bond acceptors (Lipinski definition) is 4. The van der Waals surface area contributed by atoms with E-state index in [0.717, 1.165) is 42.7 Å². The molecule has 5 heteroatoms. The summed E-state index contributed by atoms with van der Waals surface area (Å²) in [5.74, 6) is 1.59. The fourth-order valence-corrected chi connectivity index (χ4v) is 3.10. The van der Waals surface area contributed by atoms with Crippen LogP contribution in [0.3, 0.4) is 0 Å². The van der Waals surface area contributed by atoms with Gasteiger partial charge in [0.1, 0.15) is 5.82 Å². The molecule has 2 heterocycles. The molecule has 0 amide bonds. The van der Waals surface area contributed by atoms with Crippen LogP contribution in [0.1, 0.15) is 19.5 Å². The summed E-state index contributed by atoms with van der Waals surface area (Å²) in [6.07, 6.45) is 0. The molecule has 4 nitrogen and oxygen atoms in total. The number of anilines is 1. The lowest BCUT2D eigenvalue weighted by atomic mass is 10.1. The van der Waals surface area contributed by atoms with Crippen LogP contribution in [0.25, 0.3) is 0 Å². The maximum atomic E-state index is 6.28. The van der Waals surface area contributed by atoms with E-state index in [1.54, 1.807) is 0 Å². The maximum absolute atomic E-state index is 6.28. The normalized spacial score (nSPS) is 23.5. The molecule has 2 rings (SSSR count). The molecule has 0 spiro atoms. The van der Waals surface area contributed by atoms with Crippen LogP contribution < -0.4 is 5.32 Å². The van der Waals surface area contributed by atoms with E-state index < -0.39 is 0 Å². The fourth-order valence-electron chi connectivity index (χ4n) is 2.94. The second kappa shape index (κ2) is 6.74. The third kappa shape index (κ3) is 3.62. The average molecular weight is 297 g/mol. The van der Waals surface area contributed by atoms with Crippen molar-refractivity contribution in [3.8, 4) is 0 Å². The monoisotopic (exact) mass is 296 g/mol. The van der Waals surface area contributed by atoms with Crippen molar-refractivity contribution in [2.24, 2.45) is 5.92 Å². The molecule has 1 N–H and O–H groups in total. The van der Waals surface area contributed by atoms with Crippen LogP contribution in [0.2, 0.25) is 5.02 Å². The Balaban J connectivity index is 2.05. The van der Waals surface area contributed by atoms with E-state index in [1.807, 2.05) is 12.1 Å². The summed E-state index contributed by atoms with van der Waals surface area (Å²) in [4.78, 5) is 9.38. The first-order valence-electron chi connectivity index (χ1n) is 7.29. The lowest BCUT2D eigenvalue weighted by Crippen LogP contribution is -2.34. The summed E-state index contributed by atoms with van der Waals surface area (Å²) in [5.41, 5.74) is 0.969. The lowest BCUT2D eigenvalue weighted by Gasteiger charge is -2.22. The Morgan fingerprint density at radius 2 is 2.15 bits per heavy atom. The summed E-state index contributed by atoms with van der Waals surface area (Å²) >= 11 is 6.28. The van der Waals surface area contributed by atoms with Crippen molar-refractivity contribution in [1.29, 1.82) is 0 Å². The van der Waals surface area contributed by atoms with E-state index in [1.165, 1.54) is 0 Å². The van der Waals surface area contributed by atoms with Crippen LogP contribution in [-0.4, -0.2) is 54.6 Å². The van der Waals surface area contributed by atoms with Crippen molar-refractivity contribution in [2.45, 2.75) is 26.4 Å². The summed E-state index contributed by atoms with van der Waals surface area (Å²) in [6.45, 7) is 8.27. The molecular formula is C15H25ClN4. The van der Waals surface area contributed by atoms with Gasteiger partial charge < -0.3 is 10.2 Å². The highest BCUT2D eigenvalue weighted by Gasteiger charge is 2.31. The SMILES string of the molecule is CCNc1ccc(Cl)c(CN2CC(C)C(N(C)C)C2)n1. The first kappa shape index (κ1) is 15.5. The molecule has 0 bridgehead atoms. The van der Waals surface area contributed by atoms with Crippen molar-refractivity contribution < 1.29 is 0 Å². The fraction of sp³-hybridized carbons (Fsp3) is 0.667. The summed E-state index contributed by atoms with van der Waals surface area (Å²) in [6, 6.07) is 4.49. The second-order valence-corrected chi connectivity index (χ2v) is 6.26. The Hall–Kier alpha value is -0.840. The van der Waals surface area contributed by atoms with Gasteiger partial charge in [-0.05, 0) is 39.1 Å². The van der Waals surface area contributed by atoms with Crippen LogP contribution in [-0.2, 0) is 6.54 Å². The number of likely N-dealkylation sites (tertiary alicyclic amines) is 1. The molecule has 20 heavy (non-hydrogen) atoms. The lowest BCUT2D eigenvalue weighted by molar-refractivity contribution is 0.249. The van der Waals surface area contributed by atoms with E-state index in [-0.39, 0.29) is 0 Å². The van der Waals surface area contributed by atoms with Gasteiger partial charge >= 0.3 is 0 Å². The molecule has 1 saturated heterocycles. The largest absolute Gasteiger partial charge is 0.370 e. The van der Waals surface area contributed by atoms with E-state index in [2.05, 4.69) is 48.0 Å². The summed E-state index contributed by atoms with van der Waals surface area (Å²) in [5, 5.41) is 4.00. The van der Waals surface area contributed by atoms with Crippen LogP contribution in [0, 0.1) is 5.92 Å². The minimum atomic E-state index is 0.616. The van der Waals surface area contributed by atoms with Gasteiger partial charge in [0.15, 0.2) is 0 Å². The second-order valence-electron chi connectivity index (χ2n) is 5.86. The van der Waals surface area contributed by atoms with Gasteiger partial charge in [-0.2, -0.15) is 0 Å². The first-order valence-corrected chi connectivity index (χ1v) is 7.67. The highest BCUT2D eigenvalue weighted by atomic mass is 35.5. The highest BCUT2D eigenvalue weighted by molar-refractivity contribution is 6.31. The summed E-state index contributed by atoms with van der Waals surface area (Å²) < 4.78 is 0. The summed E-state index contributed by atoms with van der Waals surface area (Å²) in [7, 11) is 4.31. The Kier molecular flexibility index (Phi) is 5.24. The number of nitrogens with zero attached hydrogens (tertiary/aromatic N) is 3. The van der Waals surface area contributed by atoms with E-state index in [0.29, 0.717) is 12.0 Å². The van der Waals surface area contributed by atoms with Crippen molar-refractivity contribution in [3.63, 3.8) is 0 Å². The third-order valence-corrected chi connectivity index (χ3v) is 4.31. The first-order chi connectivity index (χ1) is 9.51. The quantitative estimate of drug-likeness (QED) is 0.905. The molecule has 1 aliphatic heterocycles. The standard InChI is InChI=1S/C15H25ClN4/c1-5-17-15-7-6-12(16)13(18-15)9-20-8-11(2)14(10-20)19(3)4/h6-7,11,14H,5,8-10H2,1-4H3,(H,17,18). The number of likely N-dealkylation sites (N-methyl/N-ethyl adjacent to an activating group) is 1. The number of aromatic nitrogens is 1. The van der Waals surface area contributed by atoms with Gasteiger partial charge in [0.2, 0.25) is 0 Å². The molecule has 0 aliphatic carbocycles. The van der Waals surface area contributed by atoms with Crippen molar-refractivity contribution >= 4 is 17.4 Å². The number of hydrogen-bond donors (Lipinski definition) is 1. The number of halogens is 1. The van der Waals surface area contributed by atoms with Crippen LogP contribution >= 0.6 is 11.6 Å². The number of pyridine rings is 1. The van der Waals surface area contributed by atoms with Gasteiger partial charge in [-0.3, -0.25) is 4.90 Å². The molecule has 2 atom stereocenters. The number of rotatable bonds is 5. The molecule has 1 aliphatic rings. The Morgan fingerprint density at radius 1 is 1.40 bits per heavy atom. The van der Waals surface area contributed by atoms with E-state index >= 15 is 0 Å². The predicted molar refractivity (Wildman–Crippen MR) is 85.3 cm³/mol. The van der Waals surface area contributed by atoms with E-state index in [4.69, 9.17) is 11.6 Å². The molecule has 0 aromatic carbocycles. The molecule has 112 valence electrons. The van der Waals surface area contributed by atoms with Gasteiger partial charge in [0.05, 0.1) is 10.7 Å². The Labute approximate surface area is 127 Å². The number of nitrogens with one attached hydrogen (secondary N) is 1. The molecule has 1 aromatic rings. The minimum absolute atomic E-state index is 0.616. The predicted octanol–water partition coefficient (Wildman–Crippen LogP) is 2.55. The van der Waals surface area contributed by atoms with Crippen molar-refractivity contribution in [3.05, 3.63) is 22.8 Å². The van der Waals surface area contributed by atoms with Gasteiger partial charge in [-0.25, -0.2) is 4.98 Å². The van der Waals surface area contributed by atoms with Gasteiger partial charge in [-0.1, -0.05) is 18.5 Å². The topological polar surface area (TPSA) is 31.4 Å². The molecule has 1 fully saturated rings. The minimum Gasteiger partial charge on any atom is -0.370 e. The highest BCUT2D eigenvalue weighted by Crippen LogP contribution is 2.24. The van der Waals surface area contributed by atoms with Gasteiger partial charge in [-0.15, -0.1) is 0 Å². The van der Waals surface area contributed by atoms with Crippen molar-refractivity contribution in [1.82, 2.24) is 14.8 Å². The third-order valence-electron chi connectivity index (χ3n) is 3.96. The van der Waals surface area contributed by atoms with Gasteiger partial charge in [0.25, 0.3) is 0 Å². The smallest absolute Gasteiger partial charge is 0.126 e. The zero-order valence-electron chi connectivity index (χ0n) is 12.9. The zero-order valence-corrected chi connectivity index (χ0v) is 13.6. The Bertz CT molecular complexity index is 449. The van der Waals surface area contributed by atoms with Crippen LogP contribution in [0.15, 0.2) is 12.1 Å². The molecule has 2 unspecified atom stereocenters. The molecule has 1 aromatic heterocycles.